The number of nitrogens with zero attached hydrogens (tertiary/aromatic N) is 3. The normalized spacial score (nSPS) is 24.0. The van der Waals surface area contributed by atoms with Gasteiger partial charge < -0.3 is 15.5 Å². The summed E-state index contributed by atoms with van der Waals surface area (Å²) in [5, 5.41) is 7.04. The zero-order valence-electron chi connectivity index (χ0n) is 17.6. The van der Waals surface area contributed by atoms with E-state index in [9.17, 15) is 0 Å². The first kappa shape index (κ1) is 23.4. The van der Waals surface area contributed by atoms with Gasteiger partial charge in [-0.25, -0.2) is 0 Å². The zero-order chi connectivity index (χ0) is 18.9. The first-order chi connectivity index (χ1) is 13.2. The van der Waals surface area contributed by atoms with Gasteiger partial charge in [0.05, 0.1) is 0 Å². The van der Waals surface area contributed by atoms with Crippen LogP contribution in [0.15, 0.2) is 35.3 Å². The molecule has 28 heavy (non-hydrogen) atoms. The Labute approximate surface area is 188 Å². The van der Waals surface area contributed by atoms with Gasteiger partial charge in [0.1, 0.15) is 0 Å². The number of benzene rings is 1. The van der Waals surface area contributed by atoms with Crippen molar-refractivity contribution < 1.29 is 0 Å². The van der Waals surface area contributed by atoms with E-state index in [2.05, 4.69) is 64.7 Å². The molecule has 2 aliphatic rings. The SMILES string of the molecule is CCNC(=NCC1CCCN(C)C1)NCC1CCCN1Cc1ccccc1.I. The maximum Gasteiger partial charge on any atom is 0.191 e. The number of hydrogen-bond donors (Lipinski definition) is 2. The van der Waals surface area contributed by atoms with E-state index in [1.54, 1.807) is 0 Å². The number of guanidine groups is 1. The molecule has 0 saturated carbocycles. The third kappa shape index (κ3) is 7.52. The molecule has 2 unspecified atom stereocenters. The Kier molecular flexibility index (Phi) is 10.6. The molecule has 0 spiro atoms. The van der Waals surface area contributed by atoms with Crippen molar-refractivity contribution in [1.29, 1.82) is 0 Å². The molecule has 158 valence electrons. The van der Waals surface area contributed by atoms with Crippen molar-refractivity contribution in [1.82, 2.24) is 20.4 Å². The Morgan fingerprint density at radius 1 is 1.11 bits per heavy atom. The second kappa shape index (κ2) is 12.6. The third-order valence-corrected chi connectivity index (χ3v) is 5.81. The first-order valence-corrected chi connectivity index (χ1v) is 10.7. The highest BCUT2D eigenvalue weighted by Crippen LogP contribution is 2.19. The molecule has 2 fully saturated rings. The second-order valence-corrected chi connectivity index (χ2v) is 8.12. The molecule has 2 heterocycles. The van der Waals surface area contributed by atoms with Crippen LogP contribution in [0.4, 0.5) is 0 Å². The van der Waals surface area contributed by atoms with Crippen LogP contribution in [-0.2, 0) is 6.54 Å². The van der Waals surface area contributed by atoms with Gasteiger partial charge in [0.15, 0.2) is 5.96 Å². The predicted octanol–water partition coefficient (Wildman–Crippen LogP) is 3.17. The maximum absolute atomic E-state index is 4.89. The van der Waals surface area contributed by atoms with Gasteiger partial charge in [0.25, 0.3) is 0 Å². The molecular weight excluding hydrogens is 461 g/mol. The van der Waals surface area contributed by atoms with Crippen LogP contribution in [0.3, 0.4) is 0 Å². The van der Waals surface area contributed by atoms with Gasteiger partial charge in [-0.3, -0.25) is 9.89 Å². The average Bonchev–Trinajstić information content (AvgIpc) is 3.12. The topological polar surface area (TPSA) is 42.9 Å². The number of nitrogens with one attached hydrogen (secondary N) is 2. The highest BCUT2D eigenvalue weighted by Gasteiger charge is 2.24. The molecule has 1 aromatic carbocycles. The van der Waals surface area contributed by atoms with Crippen molar-refractivity contribution in [2.75, 3.05) is 46.3 Å². The molecule has 0 bridgehead atoms. The second-order valence-electron chi connectivity index (χ2n) is 8.12. The summed E-state index contributed by atoms with van der Waals surface area (Å²) in [5.41, 5.74) is 1.41. The molecule has 2 atom stereocenters. The summed E-state index contributed by atoms with van der Waals surface area (Å²) in [6.45, 7) is 9.62. The summed E-state index contributed by atoms with van der Waals surface area (Å²) in [5.74, 6) is 1.68. The van der Waals surface area contributed by atoms with Gasteiger partial charge in [-0.2, -0.15) is 0 Å². The minimum atomic E-state index is 0. The number of halogens is 1. The lowest BCUT2D eigenvalue weighted by Crippen LogP contribution is -2.45. The van der Waals surface area contributed by atoms with Crippen LogP contribution in [0.1, 0.15) is 38.2 Å². The fraction of sp³-hybridized carbons (Fsp3) is 0.682. The molecular formula is C22H38IN5. The number of likely N-dealkylation sites (tertiary alicyclic amines) is 2. The van der Waals surface area contributed by atoms with Crippen molar-refractivity contribution in [2.24, 2.45) is 10.9 Å². The Bertz CT molecular complexity index is 580. The van der Waals surface area contributed by atoms with Gasteiger partial charge in [0, 0.05) is 38.8 Å². The van der Waals surface area contributed by atoms with Gasteiger partial charge in [-0.05, 0) is 64.2 Å². The number of rotatable bonds is 7. The van der Waals surface area contributed by atoms with Crippen LogP contribution < -0.4 is 10.6 Å². The Morgan fingerprint density at radius 3 is 2.64 bits per heavy atom. The van der Waals surface area contributed by atoms with E-state index in [1.165, 1.54) is 50.9 Å². The van der Waals surface area contributed by atoms with Crippen molar-refractivity contribution in [2.45, 2.75) is 45.2 Å². The number of hydrogen-bond acceptors (Lipinski definition) is 3. The monoisotopic (exact) mass is 499 g/mol. The lowest BCUT2D eigenvalue weighted by molar-refractivity contribution is 0.214. The van der Waals surface area contributed by atoms with Crippen molar-refractivity contribution in [3.63, 3.8) is 0 Å². The summed E-state index contributed by atoms with van der Waals surface area (Å²) in [4.78, 5) is 9.94. The molecule has 2 N–H and O–H groups in total. The van der Waals surface area contributed by atoms with E-state index >= 15 is 0 Å². The minimum Gasteiger partial charge on any atom is -0.357 e. The number of piperidine rings is 1. The van der Waals surface area contributed by atoms with Crippen LogP contribution in [0.5, 0.6) is 0 Å². The van der Waals surface area contributed by atoms with E-state index in [0.717, 1.165) is 32.1 Å². The molecule has 5 nitrogen and oxygen atoms in total. The predicted molar refractivity (Wildman–Crippen MR) is 129 cm³/mol. The Hall–Kier alpha value is -0.860. The lowest BCUT2D eigenvalue weighted by Gasteiger charge is -2.29. The molecule has 3 rings (SSSR count). The fourth-order valence-electron chi connectivity index (χ4n) is 4.35. The summed E-state index contributed by atoms with van der Waals surface area (Å²) in [7, 11) is 2.22. The van der Waals surface area contributed by atoms with Gasteiger partial charge in [-0.1, -0.05) is 30.3 Å². The molecule has 1 aromatic rings. The quantitative estimate of drug-likeness (QED) is 0.344. The molecule has 6 heteroatoms. The first-order valence-electron chi connectivity index (χ1n) is 10.7. The van der Waals surface area contributed by atoms with Crippen LogP contribution in [0.25, 0.3) is 0 Å². The lowest BCUT2D eigenvalue weighted by atomic mass is 9.99. The smallest absolute Gasteiger partial charge is 0.191 e. The average molecular weight is 499 g/mol. The van der Waals surface area contributed by atoms with E-state index in [0.29, 0.717) is 12.0 Å². The maximum atomic E-state index is 4.89. The number of aliphatic imine (C=N–C) groups is 1. The summed E-state index contributed by atoms with van der Waals surface area (Å²) in [6.07, 6.45) is 5.17. The Balaban J connectivity index is 0.00000280. The van der Waals surface area contributed by atoms with E-state index in [4.69, 9.17) is 4.99 Å². The van der Waals surface area contributed by atoms with Gasteiger partial charge in [-0.15, -0.1) is 24.0 Å². The van der Waals surface area contributed by atoms with E-state index < -0.39 is 0 Å². The molecule has 0 amide bonds. The molecule has 0 aromatic heterocycles. The Morgan fingerprint density at radius 2 is 1.89 bits per heavy atom. The van der Waals surface area contributed by atoms with Crippen molar-refractivity contribution >= 4 is 29.9 Å². The van der Waals surface area contributed by atoms with Crippen molar-refractivity contribution in [3.8, 4) is 0 Å². The summed E-state index contributed by atoms with van der Waals surface area (Å²) in [6, 6.07) is 11.4. The molecule has 2 saturated heterocycles. The fourth-order valence-corrected chi connectivity index (χ4v) is 4.35. The van der Waals surface area contributed by atoms with E-state index in [-0.39, 0.29) is 24.0 Å². The van der Waals surface area contributed by atoms with Crippen LogP contribution in [0.2, 0.25) is 0 Å². The third-order valence-electron chi connectivity index (χ3n) is 5.81. The zero-order valence-corrected chi connectivity index (χ0v) is 19.9. The molecule has 0 radical (unpaired) electrons. The van der Waals surface area contributed by atoms with Crippen LogP contribution >= 0.6 is 24.0 Å². The summed E-state index contributed by atoms with van der Waals surface area (Å²) < 4.78 is 0. The van der Waals surface area contributed by atoms with Crippen LogP contribution in [-0.4, -0.2) is 68.1 Å². The van der Waals surface area contributed by atoms with E-state index in [1.807, 2.05) is 0 Å². The molecule has 2 aliphatic heterocycles. The largest absolute Gasteiger partial charge is 0.357 e. The minimum absolute atomic E-state index is 0. The molecule has 0 aliphatic carbocycles. The van der Waals surface area contributed by atoms with Crippen LogP contribution in [0, 0.1) is 5.92 Å². The van der Waals surface area contributed by atoms with Crippen molar-refractivity contribution in [3.05, 3.63) is 35.9 Å². The highest BCUT2D eigenvalue weighted by atomic mass is 127. The highest BCUT2D eigenvalue weighted by molar-refractivity contribution is 14.0. The standard InChI is InChI=1S/C22H37N5.HI/c1-3-23-22(24-15-20-11-7-13-26(2)17-20)25-16-21-12-8-14-27(21)18-19-9-5-4-6-10-19;/h4-6,9-10,20-21H,3,7-8,11-18H2,1-2H3,(H2,23,24,25);1H. The van der Waals surface area contributed by atoms with Gasteiger partial charge in [0.2, 0.25) is 0 Å². The summed E-state index contributed by atoms with van der Waals surface area (Å²) >= 11 is 0. The van der Waals surface area contributed by atoms with Gasteiger partial charge >= 0.3 is 0 Å².